The van der Waals surface area contributed by atoms with E-state index in [0.29, 0.717) is 5.82 Å². The second-order valence-electron chi connectivity index (χ2n) is 4.18. The number of ether oxygens (including phenoxy) is 1. The molecule has 0 saturated heterocycles. The van der Waals surface area contributed by atoms with E-state index in [9.17, 15) is 4.79 Å². The summed E-state index contributed by atoms with van der Waals surface area (Å²) in [5, 5.41) is 6.61. The molecule has 1 aromatic rings. The number of H-pyrrole nitrogens is 1. The number of carbonyl (C=O) groups excluding carboxylic acids is 1. The van der Waals surface area contributed by atoms with Crippen LogP contribution in [0.15, 0.2) is 9.98 Å². The predicted octanol–water partition coefficient (Wildman–Crippen LogP) is 0.639. The van der Waals surface area contributed by atoms with Crippen molar-refractivity contribution in [2.24, 2.45) is 9.98 Å². The topological polar surface area (TPSA) is 86.2 Å². The van der Waals surface area contributed by atoms with Gasteiger partial charge < -0.3 is 14.5 Å². The van der Waals surface area contributed by atoms with Crippen molar-refractivity contribution < 1.29 is 9.53 Å². The van der Waals surface area contributed by atoms with Crippen LogP contribution in [0.3, 0.4) is 0 Å². The minimum atomic E-state index is -0.537. The summed E-state index contributed by atoms with van der Waals surface area (Å²) in [6.45, 7) is 0. The first kappa shape index (κ1) is 14.7. The molecule has 0 aliphatic carbocycles. The van der Waals surface area contributed by atoms with Crippen molar-refractivity contribution in [2.45, 2.75) is 0 Å². The summed E-state index contributed by atoms with van der Waals surface area (Å²) in [7, 11) is 8.58. The first-order valence-electron chi connectivity index (χ1n) is 5.53. The number of methoxy groups -OCH3 is 1. The van der Waals surface area contributed by atoms with Crippen LogP contribution in [0.1, 0.15) is 10.4 Å². The van der Waals surface area contributed by atoms with E-state index in [1.807, 2.05) is 28.2 Å². The van der Waals surface area contributed by atoms with E-state index in [-0.39, 0.29) is 11.4 Å². The van der Waals surface area contributed by atoms with Crippen LogP contribution in [-0.4, -0.2) is 73.9 Å². The van der Waals surface area contributed by atoms with Gasteiger partial charge in [-0.2, -0.15) is 5.10 Å². The smallest absolute Gasteiger partial charge is 0.345 e. The highest BCUT2D eigenvalue weighted by atomic mass is 16.5. The maximum Gasteiger partial charge on any atom is 0.345 e. The first-order valence-corrected chi connectivity index (χ1v) is 5.53. The number of esters is 1. The molecule has 1 N–H and O–H groups in total. The minimum absolute atomic E-state index is 0.207. The molecule has 1 rings (SSSR count). The Kier molecular flexibility index (Phi) is 5.04. The zero-order valence-electron chi connectivity index (χ0n) is 11.7. The van der Waals surface area contributed by atoms with Gasteiger partial charge >= 0.3 is 5.97 Å². The molecule has 8 heteroatoms. The highest BCUT2D eigenvalue weighted by molar-refractivity contribution is 5.99. The third kappa shape index (κ3) is 4.09. The molecule has 1 aromatic heterocycles. The van der Waals surface area contributed by atoms with Gasteiger partial charge in [-0.25, -0.2) is 14.8 Å². The lowest BCUT2D eigenvalue weighted by atomic mass is 10.3. The summed E-state index contributed by atoms with van der Waals surface area (Å²) in [6, 6.07) is 0. The molecule has 0 unspecified atom stereocenters. The van der Waals surface area contributed by atoms with E-state index in [2.05, 4.69) is 20.2 Å². The van der Waals surface area contributed by atoms with Gasteiger partial charge in [0, 0.05) is 28.2 Å². The Morgan fingerprint density at radius 1 is 1.21 bits per heavy atom. The average molecular weight is 266 g/mol. The van der Waals surface area contributed by atoms with Crippen molar-refractivity contribution >= 4 is 30.3 Å². The SMILES string of the molecule is COC(=O)c1c(/N=C/N(C)C)n[nH]c1/N=C/N(C)C. The van der Waals surface area contributed by atoms with E-state index < -0.39 is 5.97 Å². The van der Waals surface area contributed by atoms with Gasteiger partial charge in [0.15, 0.2) is 17.2 Å². The lowest BCUT2D eigenvalue weighted by Gasteiger charge is -2.03. The maximum absolute atomic E-state index is 11.7. The fourth-order valence-corrected chi connectivity index (χ4v) is 1.14. The van der Waals surface area contributed by atoms with Gasteiger partial charge in [0.05, 0.1) is 19.8 Å². The fourth-order valence-electron chi connectivity index (χ4n) is 1.14. The zero-order valence-corrected chi connectivity index (χ0v) is 11.7. The second kappa shape index (κ2) is 6.53. The lowest BCUT2D eigenvalue weighted by Crippen LogP contribution is -2.08. The van der Waals surface area contributed by atoms with Gasteiger partial charge in [-0.15, -0.1) is 0 Å². The standard InChI is InChI=1S/C11H18N6O2/c1-16(2)6-12-9-8(11(18)19-5)10(15-14-9)13-7-17(3)4/h6-7H,1-5H3,(H,14,15)/b12-6+,13-7+. The summed E-state index contributed by atoms with van der Waals surface area (Å²) in [5.41, 5.74) is 0.207. The van der Waals surface area contributed by atoms with E-state index in [1.165, 1.54) is 7.11 Å². The first-order chi connectivity index (χ1) is 8.95. The van der Waals surface area contributed by atoms with E-state index in [4.69, 9.17) is 4.74 Å². The number of hydrogen-bond acceptors (Lipinski definition) is 5. The fraction of sp³-hybridized carbons (Fsp3) is 0.455. The highest BCUT2D eigenvalue weighted by Gasteiger charge is 2.20. The molecule has 0 amide bonds. The van der Waals surface area contributed by atoms with Gasteiger partial charge in [-0.05, 0) is 0 Å². The molecule has 0 spiro atoms. The molecule has 8 nitrogen and oxygen atoms in total. The van der Waals surface area contributed by atoms with Crippen LogP contribution in [0, 0.1) is 0 Å². The van der Waals surface area contributed by atoms with Crippen molar-refractivity contribution in [3.8, 4) is 0 Å². The van der Waals surface area contributed by atoms with Gasteiger partial charge in [0.25, 0.3) is 0 Å². The maximum atomic E-state index is 11.7. The van der Waals surface area contributed by atoms with Crippen molar-refractivity contribution in [3.63, 3.8) is 0 Å². The van der Waals surface area contributed by atoms with Crippen molar-refractivity contribution in [1.82, 2.24) is 20.0 Å². The number of aromatic nitrogens is 2. The number of aromatic amines is 1. The molecule has 19 heavy (non-hydrogen) atoms. The molecule has 0 saturated carbocycles. The summed E-state index contributed by atoms with van der Waals surface area (Å²) in [6.07, 6.45) is 3.10. The quantitative estimate of drug-likeness (QED) is 0.480. The normalized spacial score (nSPS) is 11.2. The van der Waals surface area contributed by atoms with E-state index >= 15 is 0 Å². The number of nitrogens with one attached hydrogen (secondary N) is 1. The van der Waals surface area contributed by atoms with Crippen molar-refractivity contribution in [1.29, 1.82) is 0 Å². The van der Waals surface area contributed by atoms with Crippen LogP contribution >= 0.6 is 0 Å². The molecular weight excluding hydrogens is 248 g/mol. The van der Waals surface area contributed by atoms with Crippen LogP contribution in [0.25, 0.3) is 0 Å². The Morgan fingerprint density at radius 3 is 2.32 bits per heavy atom. The van der Waals surface area contributed by atoms with Crippen molar-refractivity contribution in [3.05, 3.63) is 5.56 Å². The molecule has 1 heterocycles. The number of carbonyl (C=O) groups is 1. The molecule has 0 bridgehead atoms. The largest absolute Gasteiger partial charge is 0.465 e. The average Bonchev–Trinajstić information content (AvgIpc) is 2.75. The zero-order chi connectivity index (χ0) is 14.4. The van der Waals surface area contributed by atoms with Crippen molar-refractivity contribution in [2.75, 3.05) is 35.3 Å². The van der Waals surface area contributed by atoms with Crippen LogP contribution in [0.2, 0.25) is 0 Å². The molecular formula is C11H18N6O2. The molecule has 104 valence electrons. The second-order valence-corrected chi connectivity index (χ2v) is 4.18. The Hall–Kier alpha value is -2.38. The molecule has 0 fully saturated rings. The van der Waals surface area contributed by atoms with Gasteiger partial charge in [-0.1, -0.05) is 0 Å². The summed E-state index contributed by atoms with van der Waals surface area (Å²) >= 11 is 0. The Bertz CT molecular complexity index is 454. The third-order valence-electron chi connectivity index (χ3n) is 1.95. The molecule has 0 aromatic carbocycles. The Morgan fingerprint density at radius 2 is 1.79 bits per heavy atom. The highest BCUT2D eigenvalue weighted by Crippen LogP contribution is 2.26. The number of hydrogen-bond donors (Lipinski definition) is 1. The summed E-state index contributed by atoms with van der Waals surface area (Å²) < 4.78 is 4.72. The summed E-state index contributed by atoms with van der Waals surface area (Å²) in [5.74, 6) is 0.0171. The lowest BCUT2D eigenvalue weighted by molar-refractivity contribution is 0.0603. The van der Waals surface area contributed by atoms with Crippen LogP contribution in [-0.2, 0) is 4.74 Å². The van der Waals surface area contributed by atoms with Gasteiger partial charge in [0.2, 0.25) is 0 Å². The summed E-state index contributed by atoms with van der Waals surface area (Å²) in [4.78, 5) is 23.4. The third-order valence-corrected chi connectivity index (χ3v) is 1.95. The van der Waals surface area contributed by atoms with Gasteiger partial charge in [0.1, 0.15) is 0 Å². The molecule has 0 aliphatic rings. The molecule has 0 atom stereocenters. The molecule has 0 aliphatic heterocycles. The van der Waals surface area contributed by atoms with E-state index in [1.54, 1.807) is 22.5 Å². The number of rotatable bonds is 5. The van der Waals surface area contributed by atoms with Crippen LogP contribution in [0.4, 0.5) is 11.6 Å². The minimum Gasteiger partial charge on any atom is -0.465 e. The van der Waals surface area contributed by atoms with Crippen LogP contribution in [0.5, 0.6) is 0 Å². The van der Waals surface area contributed by atoms with Gasteiger partial charge in [-0.3, -0.25) is 5.10 Å². The molecule has 0 radical (unpaired) electrons. The number of nitrogens with zero attached hydrogens (tertiary/aromatic N) is 5. The Balaban J connectivity index is 3.16. The van der Waals surface area contributed by atoms with Crippen LogP contribution < -0.4 is 0 Å². The monoisotopic (exact) mass is 266 g/mol. The van der Waals surface area contributed by atoms with E-state index in [0.717, 1.165) is 0 Å². The Labute approximate surface area is 111 Å². The predicted molar refractivity (Wildman–Crippen MR) is 73.6 cm³/mol. The number of aliphatic imine (C=N–C) groups is 2.